The summed E-state index contributed by atoms with van der Waals surface area (Å²) in [7, 11) is 0. The maximum Gasteiger partial charge on any atom is 0.277 e. The molecule has 31 heavy (non-hydrogen) atoms. The summed E-state index contributed by atoms with van der Waals surface area (Å²) in [6.07, 6.45) is 0. The zero-order chi connectivity index (χ0) is 22.1. The Morgan fingerprint density at radius 3 is 2.16 bits per heavy atom. The first-order valence-electron chi connectivity index (χ1n) is 10.8. The van der Waals surface area contributed by atoms with E-state index in [1.807, 2.05) is 18.7 Å². The summed E-state index contributed by atoms with van der Waals surface area (Å²) in [5.74, 6) is -0.739. The van der Waals surface area contributed by atoms with Crippen molar-refractivity contribution in [3.05, 3.63) is 71.2 Å². The molecule has 0 bridgehead atoms. The molecule has 2 heterocycles. The highest BCUT2D eigenvalue weighted by atomic mass is 19.1. The van der Waals surface area contributed by atoms with Gasteiger partial charge in [0.2, 0.25) is 0 Å². The number of nitrogens with zero attached hydrogens (tertiary/aromatic N) is 3. The first-order valence-corrected chi connectivity index (χ1v) is 10.8. The van der Waals surface area contributed by atoms with Gasteiger partial charge in [-0.1, -0.05) is 38.1 Å². The molecule has 2 amide bonds. The molecule has 0 radical (unpaired) electrons. The predicted molar refractivity (Wildman–Crippen MR) is 120 cm³/mol. The summed E-state index contributed by atoms with van der Waals surface area (Å²) in [5.41, 5.74) is 3.79. The number of benzene rings is 2. The molecule has 0 saturated carbocycles. The Hall–Kier alpha value is -3.15. The number of imide groups is 1. The van der Waals surface area contributed by atoms with Crippen LogP contribution in [0.5, 0.6) is 0 Å². The summed E-state index contributed by atoms with van der Waals surface area (Å²) >= 11 is 0. The molecule has 0 spiro atoms. The molecule has 0 aliphatic carbocycles. The van der Waals surface area contributed by atoms with Gasteiger partial charge in [0.15, 0.2) is 0 Å². The van der Waals surface area contributed by atoms with Crippen LogP contribution < -0.4 is 4.90 Å². The van der Waals surface area contributed by atoms with Crippen LogP contribution in [0.1, 0.15) is 25.0 Å². The Morgan fingerprint density at radius 2 is 1.55 bits per heavy atom. The maximum atomic E-state index is 13.5. The summed E-state index contributed by atoms with van der Waals surface area (Å²) < 4.78 is 13.5. The van der Waals surface area contributed by atoms with Crippen molar-refractivity contribution in [2.24, 2.45) is 5.92 Å². The van der Waals surface area contributed by atoms with Crippen molar-refractivity contribution in [3.63, 3.8) is 0 Å². The lowest BCUT2D eigenvalue weighted by Crippen LogP contribution is -2.47. The van der Waals surface area contributed by atoms with Crippen molar-refractivity contribution >= 4 is 23.1 Å². The fraction of sp³-hybridized carbons (Fsp3) is 0.360. The Labute approximate surface area is 182 Å². The van der Waals surface area contributed by atoms with Crippen molar-refractivity contribution in [1.29, 1.82) is 0 Å². The fourth-order valence-electron chi connectivity index (χ4n) is 4.28. The zero-order valence-electron chi connectivity index (χ0n) is 18.3. The molecular formula is C25H28FN3O2. The molecule has 0 atom stereocenters. The molecule has 4 rings (SSSR count). The third-order valence-electron chi connectivity index (χ3n) is 5.79. The number of aryl methyl sites for hydroxylation is 1. The van der Waals surface area contributed by atoms with Crippen LogP contribution in [0.3, 0.4) is 0 Å². The highest BCUT2D eigenvalue weighted by Crippen LogP contribution is 2.33. The number of piperazine rings is 1. The Balaban J connectivity index is 1.63. The van der Waals surface area contributed by atoms with Gasteiger partial charge in [-0.25, -0.2) is 4.39 Å². The van der Waals surface area contributed by atoms with Gasteiger partial charge in [-0.3, -0.25) is 14.5 Å². The van der Waals surface area contributed by atoms with E-state index in [1.54, 1.807) is 12.1 Å². The van der Waals surface area contributed by atoms with E-state index in [9.17, 15) is 14.0 Å². The van der Waals surface area contributed by atoms with Crippen LogP contribution >= 0.6 is 0 Å². The largest absolute Gasteiger partial charge is 0.368 e. The van der Waals surface area contributed by atoms with E-state index in [2.05, 4.69) is 36.1 Å². The molecule has 1 saturated heterocycles. The number of carbonyl (C=O) groups excluding carboxylic acids is 2. The van der Waals surface area contributed by atoms with E-state index in [0.29, 0.717) is 36.5 Å². The van der Waals surface area contributed by atoms with Crippen LogP contribution in [0.4, 0.5) is 10.1 Å². The lowest BCUT2D eigenvalue weighted by molar-refractivity contribution is -0.138. The number of rotatable bonds is 5. The lowest BCUT2D eigenvalue weighted by Gasteiger charge is -2.37. The molecule has 0 unspecified atom stereocenters. The van der Waals surface area contributed by atoms with Crippen molar-refractivity contribution in [2.75, 3.05) is 37.6 Å². The van der Waals surface area contributed by atoms with Gasteiger partial charge in [0.05, 0.1) is 5.57 Å². The average Bonchev–Trinajstić information content (AvgIpc) is 2.99. The van der Waals surface area contributed by atoms with Crippen LogP contribution in [0.25, 0.3) is 5.57 Å². The number of anilines is 1. The Morgan fingerprint density at radius 1 is 0.903 bits per heavy atom. The summed E-state index contributed by atoms with van der Waals surface area (Å²) in [6.45, 7) is 9.21. The zero-order valence-corrected chi connectivity index (χ0v) is 18.3. The standard InChI is InChI=1S/C25H28FN3O2/c1-17(2)16-29-24(30)22(19-7-9-20(26)10-8-19)23(25(29)31)28-13-11-27(12-14-28)21-6-4-5-18(3)15-21/h4-10,15,17H,11-14,16H2,1-3H3. The normalized spacial score (nSPS) is 17.4. The van der Waals surface area contributed by atoms with Crippen LogP contribution in [0.15, 0.2) is 54.2 Å². The minimum absolute atomic E-state index is 0.167. The van der Waals surface area contributed by atoms with Crippen molar-refractivity contribution < 1.29 is 14.0 Å². The summed E-state index contributed by atoms with van der Waals surface area (Å²) in [5, 5.41) is 0. The Kier molecular flexibility index (Phi) is 5.81. The van der Waals surface area contributed by atoms with Crippen LogP contribution in [0, 0.1) is 18.7 Å². The molecule has 0 N–H and O–H groups in total. The topological polar surface area (TPSA) is 43.9 Å². The highest BCUT2D eigenvalue weighted by Gasteiger charge is 2.42. The van der Waals surface area contributed by atoms with E-state index in [0.717, 1.165) is 13.1 Å². The number of carbonyl (C=O) groups is 2. The third kappa shape index (κ3) is 4.20. The van der Waals surface area contributed by atoms with E-state index < -0.39 is 0 Å². The molecular weight excluding hydrogens is 393 g/mol. The highest BCUT2D eigenvalue weighted by molar-refractivity contribution is 6.35. The lowest BCUT2D eigenvalue weighted by atomic mass is 10.0. The van der Waals surface area contributed by atoms with E-state index in [-0.39, 0.29) is 23.5 Å². The number of hydrogen-bond donors (Lipinski definition) is 0. The van der Waals surface area contributed by atoms with Gasteiger partial charge >= 0.3 is 0 Å². The monoisotopic (exact) mass is 421 g/mol. The maximum absolute atomic E-state index is 13.5. The minimum atomic E-state index is -0.367. The molecule has 0 aromatic heterocycles. The molecule has 2 aliphatic rings. The molecule has 1 fully saturated rings. The second kappa shape index (κ2) is 8.53. The molecule has 5 nitrogen and oxygen atoms in total. The molecule has 6 heteroatoms. The molecule has 2 aliphatic heterocycles. The van der Waals surface area contributed by atoms with Crippen molar-refractivity contribution in [3.8, 4) is 0 Å². The Bertz CT molecular complexity index is 1020. The first-order chi connectivity index (χ1) is 14.8. The first kappa shape index (κ1) is 21.1. The van der Waals surface area contributed by atoms with E-state index >= 15 is 0 Å². The third-order valence-corrected chi connectivity index (χ3v) is 5.79. The van der Waals surface area contributed by atoms with Gasteiger partial charge in [-0.2, -0.15) is 0 Å². The second-order valence-corrected chi connectivity index (χ2v) is 8.66. The number of hydrogen-bond acceptors (Lipinski definition) is 4. The quantitative estimate of drug-likeness (QED) is 0.691. The van der Waals surface area contributed by atoms with Gasteiger partial charge in [0, 0.05) is 38.4 Å². The predicted octanol–water partition coefficient (Wildman–Crippen LogP) is 3.69. The SMILES string of the molecule is Cc1cccc(N2CCN(C3=C(c4ccc(F)cc4)C(=O)N(CC(C)C)C3=O)CC2)c1. The van der Waals surface area contributed by atoms with Gasteiger partial charge in [-0.05, 0) is 48.2 Å². The average molecular weight is 422 g/mol. The molecule has 2 aromatic carbocycles. The van der Waals surface area contributed by atoms with E-state index in [4.69, 9.17) is 0 Å². The van der Waals surface area contributed by atoms with Crippen LogP contribution in [-0.2, 0) is 9.59 Å². The smallest absolute Gasteiger partial charge is 0.277 e. The van der Waals surface area contributed by atoms with Gasteiger partial charge in [0.25, 0.3) is 11.8 Å². The summed E-state index contributed by atoms with van der Waals surface area (Å²) in [6, 6.07) is 14.2. The van der Waals surface area contributed by atoms with E-state index in [1.165, 1.54) is 28.3 Å². The summed E-state index contributed by atoms with van der Waals surface area (Å²) in [4.78, 5) is 32.2. The van der Waals surface area contributed by atoms with Gasteiger partial charge in [0.1, 0.15) is 11.5 Å². The van der Waals surface area contributed by atoms with Crippen molar-refractivity contribution in [2.45, 2.75) is 20.8 Å². The fourth-order valence-corrected chi connectivity index (χ4v) is 4.28. The van der Waals surface area contributed by atoms with Crippen molar-refractivity contribution in [1.82, 2.24) is 9.80 Å². The molecule has 2 aromatic rings. The van der Waals surface area contributed by atoms with Gasteiger partial charge in [-0.15, -0.1) is 0 Å². The second-order valence-electron chi connectivity index (χ2n) is 8.66. The number of amides is 2. The minimum Gasteiger partial charge on any atom is -0.368 e. The number of halogens is 1. The van der Waals surface area contributed by atoms with Crippen LogP contribution in [-0.4, -0.2) is 54.3 Å². The molecule has 162 valence electrons. The van der Waals surface area contributed by atoms with Crippen LogP contribution in [0.2, 0.25) is 0 Å². The van der Waals surface area contributed by atoms with Gasteiger partial charge < -0.3 is 9.80 Å².